The average molecular weight is 767 g/mol. The SMILES string of the molecule is CCCC[Si](CCCC)(CCCC)OC1c2ccc(Br)cc2-c2ccc(Br)cc2C1O[Si](CCCC)(CCCC)CCCC. The molecule has 6 heteroatoms. The molecular weight excluding hydrogens is 704 g/mol. The molecule has 0 spiro atoms. The predicted molar refractivity (Wildman–Crippen MR) is 205 cm³/mol. The van der Waals surface area contributed by atoms with Crippen LogP contribution in [0.4, 0.5) is 0 Å². The van der Waals surface area contributed by atoms with E-state index in [-0.39, 0.29) is 12.2 Å². The number of halogens is 2. The van der Waals surface area contributed by atoms with Gasteiger partial charge < -0.3 is 8.85 Å². The van der Waals surface area contributed by atoms with Crippen LogP contribution >= 0.6 is 31.9 Å². The maximum atomic E-state index is 7.93. The van der Waals surface area contributed by atoms with Gasteiger partial charge in [0.25, 0.3) is 0 Å². The van der Waals surface area contributed by atoms with E-state index < -0.39 is 16.6 Å². The van der Waals surface area contributed by atoms with Crippen LogP contribution in [0.1, 0.15) is 142 Å². The first-order chi connectivity index (χ1) is 21.3. The molecule has 0 heterocycles. The van der Waals surface area contributed by atoms with Crippen molar-refractivity contribution in [2.45, 2.75) is 167 Å². The zero-order chi connectivity index (χ0) is 32.0. The maximum absolute atomic E-state index is 7.93. The van der Waals surface area contributed by atoms with E-state index in [2.05, 4.69) is 110 Å². The summed E-state index contributed by atoms with van der Waals surface area (Å²) in [5, 5.41) is 0. The summed E-state index contributed by atoms with van der Waals surface area (Å²) in [4.78, 5) is 0. The molecule has 3 rings (SSSR count). The molecule has 0 fully saturated rings. The standard InChI is InChI=1S/C38H62Br2O2Si2/c1-7-13-23-43(24-14-8-2,25-15-9-3)41-37-34-22-20-31(39)29-35(34)33-21-19-32(40)30-36(33)38(37)42-44(26-16-10-4,27-17-11-5)28-18-12-6/h19-22,29-30,37-38H,7-18,23-28H2,1-6H3. The highest BCUT2D eigenvalue weighted by atomic mass is 79.9. The van der Waals surface area contributed by atoms with Gasteiger partial charge in [-0.25, -0.2) is 0 Å². The van der Waals surface area contributed by atoms with Crippen molar-refractivity contribution in [3.05, 3.63) is 56.5 Å². The largest absolute Gasteiger partial charge is 0.407 e. The predicted octanol–water partition coefficient (Wildman–Crippen LogP) is 14.7. The Labute approximate surface area is 290 Å². The topological polar surface area (TPSA) is 18.5 Å². The van der Waals surface area contributed by atoms with Gasteiger partial charge in [-0.3, -0.25) is 0 Å². The molecule has 0 saturated carbocycles. The summed E-state index contributed by atoms with van der Waals surface area (Å²) < 4.78 is 18.1. The molecule has 0 N–H and O–H groups in total. The first-order valence-corrected chi connectivity index (χ1v) is 24.9. The van der Waals surface area contributed by atoms with Gasteiger partial charge in [-0.2, -0.15) is 0 Å². The van der Waals surface area contributed by atoms with Gasteiger partial charge in [-0.15, -0.1) is 0 Å². The fourth-order valence-electron chi connectivity index (χ4n) is 7.24. The van der Waals surface area contributed by atoms with E-state index in [0.717, 1.165) is 8.95 Å². The van der Waals surface area contributed by atoms with Gasteiger partial charge in [0.2, 0.25) is 0 Å². The molecule has 2 nitrogen and oxygen atoms in total. The zero-order valence-electron chi connectivity index (χ0n) is 28.9. The van der Waals surface area contributed by atoms with Crippen LogP contribution in [-0.4, -0.2) is 16.6 Å². The number of hydrogen-bond acceptors (Lipinski definition) is 2. The van der Waals surface area contributed by atoms with Crippen LogP contribution < -0.4 is 0 Å². The molecule has 2 atom stereocenters. The number of benzene rings is 2. The molecule has 1 aliphatic rings. The van der Waals surface area contributed by atoms with Crippen LogP contribution in [0.25, 0.3) is 11.1 Å². The Morgan fingerprint density at radius 2 is 0.841 bits per heavy atom. The van der Waals surface area contributed by atoms with E-state index in [4.69, 9.17) is 8.85 Å². The first-order valence-electron chi connectivity index (χ1n) is 18.3. The lowest BCUT2D eigenvalue weighted by Gasteiger charge is -2.46. The van der Waals surface area contributed by atoms with Gasteiger partial charge in [0.15, 0.2) is 16.6 Å². The lowest BCUT2D eigenvalue weighted by atomic mass is 9.82. The minimum absolute atomic E-state index is 0.0473. The average Bonchev–Trinajstić information content (AvgIpc) is 3.03. The van der Waals surface area contributed by atoms with E-state index in [1.54, 1.807) is 0 Å². The third-order valence-electron chi connectivity index (χ3n) is 9.88. The van der Waals surface area contributed by atoms with E-state index in [1.165, 1.54) is 136 Å². The van der Waals surface area contributed by atoms with E-state index >= 15 is 0 Å². The monoisotopic (exact) mass is 764 g/mol. The highest BCUT2D eigenvalue weighted by Gasteiger charge is 2.46. The first kappa shape index (κ1) is 38.2. The summed E-state index contributed by atoms with van der Waals surface area (Å²) in [6.07, 6.45) is 15.0. The van der Waals surface area contributed by atoms with Crippen LogP contribution in [0.15, 0.2) is 45.3 Å². The quantitative estimate of drug-likeness (QED) is 0.111. The van der Waals surface area contributed by atoms with Gasteiger partial charge in [-0.1, -0.05) is 163 Å². The molecule has 44 heavy (non-hydrogen) atoms. The molecule has 0 bridgehead atoms. The van der Waals surface area contributed by atoms with E-state index in [9.17, 15) is 0 Å². The lowest BCUT2D eigenvalue weighted by molar-refractivity contribution is 0.0333. The number of rotatable bonds is 22. The van der Waals surface area contributed by atoms with Crippen molar-refractivity contribution in [1.29, 1.82) is 0 Å². The van der Waals surface area contributed by atoms with Crippen molar-refractivity contribution in [2.75, 3.05) is 0 Å². The molecule has 0 radical (unpaired) electrons. The van der Waals surface area contributed by atoms with Crippen molar-refractivity contribution < 1.29 is 8.85 Å². The zero-order valence-corrected chi connectivity index (χ0v) is 34.1. The van der Waals surface area contributed by atoms with Crippen molar-refractivity contribution in [1.82, 2.24) is 0 Å². The highest BCUT2D eigenvalue weighted by molar-refractivity contribution is 9.10. The Hall–Kier alpha value is -0.246. The van der Waals surface area contributed by atoms with Gasteiger partial charge in [0, 0.05) is 8.95 Å². The van der Waals surface area contributed by atoms with Gasteiger partial charge in [-0.05, 0) is 82.8 Å². The maximum Gasteiger partial charge on any atom is 0.193 e. The molecule has 0 aromatic heterocycles. The third-order valence-corrected chi connectivity index (χ3v) is 20.0. The Morgan fingerprint density at radius 3 is 1.25 bits per heavy atom. The van der Waals surface area contributed by atoms with Gasteiger partial charge in [0.05, 0.1) is 0 Å². The van der Waals surface area contributed by atoms with E-state index in [0.29, 0.717) is 0 Å². The van der Waals surface area contributed by atoms with E-state index in [1.807, 2.05) is 0 Å². The van der Waals surface area contributed by atoms with Gasteiger partial charge >= 0.3 is 0 Å². The summed E-state index contributed by atoms with van der Waals surface area (Å²) >= 11 is 7.70. The summed E-state index contributed by atoms with van der Waals surface area (Å²) in [5.41, 5.74) is 5.32. The summed E-state index contributed by atoms with van der Waals surface area (Å²) in [6, 6.07) is 21.5. The molecule has 2 aromatic carbocycles. The Morgan fingerprint density at radius 1 is 0.477 bits per heavy atom. The molecule has 0 aliphatic heterocycles. The molecule has 0 amide bonds. The number of hydrogen-bond donors (Lipinski definition) is 0. The third kappa shape index (κ3) is 10.4. The highest BCUT2D eigenvalue weighted by Crippen LogP contribution is 2.53. The molecule has 2 unspecified atom stereocenters. The van der Waals surface area contributed by atoms with Crippen molar-refractivity contribution in [3.8, 4) is 11.1 Å². The fraction of sp³-hybridized carbons (Fsp3) is 0.684. The summed E-state index contributed by atoms with van der Waals surface area (Å²) in [7, 11) is -4.09. The normalized spacial score (nSPS) is 16.6. The summed E-state index contributed by atoms with van der Waals surface area (Å²) in [6.45, 7) is 14.1. The smallest absolute Gasteiger partial charge is 0.193 e. The van der Waals surface area contributed by atoms with Crippen LogP contribution in [0.5, 0.6) is 0 Å². The second-order valence-corrected chi connectivity index (χ2v) is 23.6. The minimum Gasteiger partial charge on any atom is -0.407 e. The van der Waals surface area contributed by atoms with Crippen LogP contribution in [0.3, 0.4) is 0 Å². The second kappa shape index (κ2) is 19.5. The number of fused-ring (bicyclic) bond motifs is 3. The van der Waals surface area contributed by atoms with Crippen molar-refractivity contribution in [2.24, 2.45) is 0 Å². The molecular formula is C38H62Br2O2Si2. The van der Waals surface area contributed by atoms with Gasteiger partial charge in [0.1, 0.15) is 12.2 Å². The van der Waals surface area contributed by atoms with Crippen LogP contribution in [0.2, 0.25) is 36.3 Å². The Bertz CT molecular complexity index is 1080. The number of unbranched alkanes of at least 4 members (excludes halogenated alkanes) is 6. The summed E-state index contributed by atoms with van der Waals surface area (Å²) in [5.74, 6) is 0. The minimum atomic E-state index is -2.05. The molecule has 248 valence electrons. The molecule has 2 aromatic rings. The molecule has 1 aliphatic carbocycles. The fourth-order valence-corrected chi connectivity index (χ4v) is 17.7. The van der Waals surface area contributed by atoms with Crippen molar-refractivity contribution >= 4 is 48.5 Å². The Balaban J connectivity index is 2.25. The molecule has 0 saturated heterocycles. The van der Waals surface area contributed by atoms with Crippen LogP contribution in [0, 0.1) is 0 Å². The van der Waals surface area contributed by atoms with Crippen molar-refractivity contribution in [3.63, 3.8) is 0 Å². The Kier molecular flexibility index (Phi) is 17.0. The van der Waals surface area contributed by atoms with Crippen LogP contribution in [-0.2, 0) is 8.85 Å². The lowest BCUT2D eigenvalue weighted by Crippen LogP contribution is -2.45. The second-order valence-electron chi connectivity index (χ2n) is 13.5.